The maximum Gasteiger partial charge on any atom is 0.251 e. The lowest BCUT2D eigenvalue weighted by Crippen LogP contribution is -2.25. The third kappa shape index (κ3) is 21.0. The van der Waals surface area contributed by atoms with Gasteiger partial charge in [-0.25, -0.2) is 0 Å². The van der Waals surface area contributed by atoms with Gasteiger partial charge in [-0.1, -0.05) is 97.1 Å². The van der Waals surface area contributed by atoms with Crippen LogP contribution in [-0.2, 0) is 81.0 Å². The molecule has 404 valence electrons. The highest BCUT2D eigenvalue weighted by Gasteiger charge is 2.15. The number of amides is 4. The van der Waals surface area contributed by atoms with E-state index in [2.05, 4.69) is 21.3 Å². The van der Waals surface area contributed by atoms with Gasteiger partial charge in [0.2, 0.25) is 0 Å². The van der Waals surface area contributed by atoms with Crippen molar-refractivity contribution in [1.29, 1.82) is 0 Å². The van der Waals surface area contributed by atoms with Gasteiger partial charge >= 0.3 is 0 Å². The van der Waals surface area contributed by atoms with Crippen LogP contribution in [0.2, 0.25) is 0 Å². The summed E-state index contributed by atoms with van der Waals surface area (Å²) in [7, 11) is 2.00. The van der Waals surface area contributed by atoms with Gasteiger partial charge in [0.25, 0.3) is 23.6 Å². The van der Waals surface area contributed by atoms with Crippen LogP contribution >= 0.6 is 0 Å². The molecule has 4 amide bonds. The molecule has 76 heavy (non-hydrogen) atoms. The highest BCUT2D eigenvalue weighted by molar-refractivity contribution is 6.02. The zero-order valence-electron chi connectivity index (χ0n) is 43.1. The number of nitrogen functional groups attached to an aromatic ring is 2. The van der Waals surface area contributed by atoms with E-state index in [0.29, 0.717) is 139 Å². The average molecular weight is 1040 g/mol. The van der Waals surface area contributed by atoms with Crippen molar-refractivity contribution in [2.24, 2.45) is 0 Å². The van der Waals surface area contributed by atoms with Gasteiger partial charge in [0, 0.05) is 74.0 Å². The van der Waals surface area contributed by atoms with Crippen LogP contribution in [0.4, 0.5) is 11.4 Å². The number of nitrogens with one attached hydrogen (secondary N) is 4. The minimum atomic E-state index is -0.303. The molecule has 8 aliphatic rings. The minimum Gasteiger partial charge on any atom is -0.400 e. The van der Waals surface area contributed by atoms with Gasteiger partial charge in [-0.15, -0.1) is 0 Å². The van der Waals surface area contributed by atoms with Crippen molar-refractivity contribution in [3.8, 4) is 0 Å². The molecule has 8 heterocycles. The molecule has 0 aromatic heterocycles. The Morgan fingerprint density at radius 1 is 0.303 bits per heavy atom. The summed E-state index contributed by atoms with van der Waals surface area (Å²) in [6.07, 6.45) is 0. The van der Waals surface area contributed by atoms with E-state index in [-0.39, 0.29) is 23.6 Å². The first-order chi connectivity index (χ1) is 37.1. The summed E-state index contributed by atoms with van der Waals surface area (Å²) < 4.78 is 33.8. The predicted octanol–water partition coefficient (Wildman–Crippen LogP) is 5.60. The van der Waals surface area contributed by atoms with Crippen LogP contribution in [0.15, 0.2) is 133 Å². The number of anilines is 2. The van der Waals surface area contributed by atoms with Gasteiger partial charge < -0.3 is 71.4 Å². The van der Waals surface area contributed by atoms with E-state index in [0.717, 1.165) is 58.7 Å². The van der Waals surface area contributed by atoms with E-state index >= 15 is 0 Å². The summed E-state index contributed by atoms with van der Waals surface area (Å²) in [5.74, 6) is -1.21. The molecule has 8 aliphatic heterocycles. The molecule has 0 spiro atoms. The molecule has 18 nitrogen and oxygen atoms in total. The van der Waals surface area contributed by atoms with Crippen LogP contribution < -0.4 is 32.7 Å². The van der Waals surface area contributed by atoms with Crippen LogP contribution in [0.5, 0.6) is 0 Å². The summed E-state index contributed by atoms with van der Waals surface area (Å²) in [5, 5.41) is 25.5. The van der Waals surface area contributed by atoms with E-state index in [1.54, 1.807) is 36.4 Å². The smallest absolute Gasteiger partial charge is 0.251 e. The van der Waals surface area contributed by atoms with Crippen molar-refractivity contribution in [1.82, 2.24) is 21.3 Å². The Hall–Kier alpha value is -7.52. The second-order valence-corrected chi connectivity index (χ2v) is 17.1. The maximum atomic E-state index is 12.7. The third-order valence-electron chi connectivity index (χ3n) is 11.4. The van der Waals surface area contributed by atoms with Crippen LogP contribution in [-0.4, -0.2) is 101 Å². The number of nitrogens with two attached hydrogens (primary N) is 2. The number of carbonyl (C=O) groups is 4. The largest absolute Gasteiger partial charge is 0.400 e. The topological polar surface area (TPSA) is 264 Å². The third-order valence-corrected chi connectivity index (χ3v) is 11.4. The number of aliphatic hydroxyl groups excluding tert-OH is 2. The quantitative estimate of drug-likeness (QED) is 0.0862. The Balaban J connectivity index is 0.000000264. The highest BCUT2D eigenvalue weighted by Crippen LogP contribution is 2.17. The highest BCUT2D eigenvalue weighted by atomic mass is 16.5. The van der Waals surface area contributed by atoms with Crippen LogP contribution in [0.3, 0.4) is 0 Å². The lowest BCUT2D eigenvalue weighted by atomic mass is 10.1. The van der Waals surface area contributed by atoms with Gasteiger partial charge in [0.05, 0.1) is 79.3 Å². The van der Waals surface area contributed by atoms with E-state index < -0.39 is 0 Å². The zero-order chi connectivity index (χ0) is 54.3. The number of ether oxygens (including phenoxy) is 6. The van der Waals surface area contributed by atoms with Crippen molar-refractivity contribution < 1.29 is 57.8 Å². The van der Waals surface area contributed by atoms with Crippen LogP contribution in [0, 0.1) is 0 Å². The molecule has 0 saturated carbocycles. The van der Waals surface area contributed by atoms with Gasteiger partial charge in [-0.05, 0) is 80.9 Å². The molecule has 0 aliphatic carbocycles. The van der Waals surface area contributed by atoms with Crippen molar-refractivity contribution in [2.45, 2.75) is 52.6 Å². The Labute approximate surface area is 444 Å². The number of rotatable bonds is 0. The Morgan fingerprint density at radius 2 is 0.487 bits per heavy atom. The summed E-state index contributed by atoms with van der Waals surface area (Å²) >= 11 is 0. The minimum absolute atomic E-state index is 0.303. The lowest BCUT2D eigenvalue weighted by Gasteiger charge is -2.11. The monoisotopic (exact) mass is 1040 g/mol. The molecule has 14 rings (SSSR count). The standard InChI is InChI=1S/2C28H31N3O5.2CH4O/c2*29-26-14-24-13-25(15-26)28(33)31-17-21-3-7-23(8-4-21)19-36-12-10-34-9-11-35-18-22-5-1-20(2-6-22)16-30-27(24)32;2*1-2/h2*1-8,13-15H,9-12,16-19,29H2,(H,30,32)(H,31,33);2*2H,1H3. The second kappa shape index (κ2) is 33.4. The molecule has 0 saturated heterocycles. The summed E-state index contributed by atoms with van der Waals surface area (Å²) in [4.78, 5) is 51.0. The fourth-order valence-corrected chi connectivity index (χ4v) is 7.41. The molecule has 18 heteroatoms. The average Bonchev–Trinajstić information content (AvgIpc) is 3.45. The summed E-state index contributed by atoms with van der Waals surface area (Å²) in [5.41, 5.74) is 21.9. The van der Waals surface area contributed by atoms with E-state index in [9.17, 15) is 19.2 Å². The Bertz CT molecular complexity index is 2340. The Kier molecular flexibility index (Phi) is 26.1. The van der Waals surface area contributed by atoms with Crippen LogP contribution in [0.1, 0.15) is 85.9 Å². The summed E-state index contributed by atoms with van der Waals surface area (Å²) in [6.45, 7) is 7.32. The molecule has 10 N–H and O–H groups in total. The zero-order valence-corrected chi connectivity index (χ0v) is 43.1. The second-order valence-electron chi connectivity index (χ2n) is 17.1. The normalized spacial score (nSPS) is 15.6. The van der Waals surface area contributed by atoms with Crippen molar-refractivity contribution in [3.63, 3.8) is 0 Å². The lowest BCUT2D eigenvalue weighted by molar-refractivity contribution is 0.00703. The molecule has 0 atom stereocenters. The van der Waals surface area contributed by atoms with E-state index in [4.69, 9.17) is 50.1 Å². The van der Waals surface area contributed by atoms with Crippen molar-refractivity contribution >= 4 is 35.0 Å². The summed E-state index contributed by atoms with van der Waals surface area (Å²) in [6, 6.07) is 40.7. The number of aliphatic hydroxyl groups is 2. The molecular formula is C58H70N6O12. The molecule has 12 bridgehead atoms. The van der Waals surface area contributed by atoms with Gasteiger partial charge in [-0.2, -0.15) is 0 Å². The fraction of sp³-hybridized carbons (Fsp3) is 0.310. The molecule has 6 aromatic rings. The molecule has 0 radical (unpaired) electrons. The number of carbonyl (C=O) groups excluding carboxylic acids is 4. The van der Waals surface area contributed by atoms with Crippen molar-refractivity contribution in [2.75, 3.05) is 78.5 Å². The number of hydrogen-bond acceptors (Lipinski definition) is 14. The number of benzene rings is 6. The first kappa shape index (κ1) is 59.4. The van der Waals surface area contributed by atoms with Crippen LogP contribution in [0.25, 0.3) is 0 Å². The van der Waals surface area contributed by atoms with Gasteiger partial charge in [-0.3, -0.25) is 19.2 Å². The first-order valence-electron chi connectivity index (χ1n) is 24.7. The number of hydrogen-bond donors (Lipinski definition) is 8. The van der Waals surface area contributed by atoms with Crippen molar-refractivity contribution in [3.05, 3.63) is 200 Å². The molecule has 6 aromatic carbocycles. The molecular weight excluding hydrogens is 973 g/mol. The first-order valence-corrected chi connectivity index (χ1v) is 24.7. The van der Waals surface area contributed by atoms with Gasteiger partial charge in [0.15, 0.2) is 0 Å². The Morgan fingerprint density at radius 3 is 0.697 bits per heavy atom. The molecule has 0 unspecified atom stereocenters. The fourth-order valence-electron chi connectivity index (χ4n) is 7.41. The maximum absolute atomic E-state index is 12.7. The SMILES string of the molecule is CO.CO.Nc1cc2cc(c1)C(=O)NCc1ccc(cc1)COCCOCCOCc1ccc(cc1)CNC2=O.Nc1cc2cc(c1)C(=O)NCc1ccc(cc1)COCCOCCOCc1ccc(cc1)CNC2=O. The van der Waals surface area contributed by atoms with Gasteiger partial charge in [0.1, 0.15) is 0 Å². The predicted molar refractivity (Wildman–Crippen MR) is 289 cm³/mol. The van der Waals surface area contributed by atoms with E-state index in [1.165, 1.54) is 0 Å². The van der Waals surface area contributed by atoms with E-state index in [1.807, 2.05) is 97.1 Å². The molecule has 0 fully saturated rings.